The molecule has 0 bridgehead atoms. The second-order valence-corrected chi connectivity index (χ2v) is 3.70. The summed E-state index contributed by atoms with van der Waals surface area (Å²) < 4.78 is 86.0. The summed E-state index contributed by atoms with van der Waals surface area (Å²) in [5.41, 5.74) is -2.66. The topological polar surface area (TPSA) is 17.1 Å². The molecule has 8 heteroatoms. The first-order chi connectivity index (χ1) is 8.52. The van der Waals surface area contributed by atoms with Crippen LogP contribution in [0.1, 0.15) is 28.8 Å². The Morgan fingerprint density at radius 1 is 1.05 bits per heavy atom. The van der Waals surface area contributed by atoms with Crippen molar-refractivity contribution in [2.45, 2.75) is 25.2 Å². The van der Waals surface area contributed by atoms with E-state index in [1.807, 2.05) is 0 Å². The van der Waals surface area contributed by atoms with Crippen LogP contribution in [0.2, 0.25) is 0 Å². The lowest BCUT2D eigenvalue weighted by Gasteiger charge is -2.11. The number of carbonyl (C=O) groups excluding carboxylic acids is 1. The molecule has 0 N–H and O–H groups in total. The van der Waals surface area contributed by atoms with E-state index >= 15 is 0 Å². The van der Waals surface area contributed by atoms with Crippen LogP contribution in [0.25, 0.3) is 0 Å². The number of benzene rings is 1. The summed E-state index contributed by atoms with van der Waals surface area (Å²) in [7, 11) is 0. The van der Waals surface area contributed by atoms with E-state index < -0.39 is 47.9 Å². The molecular weight excluding hydrogens is 281 g/mol. The van der Waals surface area contributed by atoms with Crippen LogP contribution in [-0.4, -0.2) is 12.0 Å². The zero-order valence-electron chi connectivity index (χ0n) is 9.20. The van der Waals surface area contributed by atoms with Crippen LogP contribution in [-0.2, 0) is 6.18 Å². The molecule has 0 heterocycles. The van der Waals surface area contributed by atoms with E-state index in [0.717, 1.165) is 12.1 Å². The third-order valence-electron chi connectivity index (χ3n) is 2.24. The number of halogens is 7. The van der Waals surface area contributed by atoms with Gasteiger partial charge in [0, 0.05) is 6.42 Å². The van der Waals surface area contributed by atoms with Gasteiger partial charge in [-0.3, -0.25) is 4.79 Å². The van der Waals surface area contributed by atoms with Crippen molar-refractivity contribution in [3.63, 3.8) is 0 Å². The third-order valence-corrected chi connectivity index (χ3v) is 2.24. The molecule has 1 aromatic carbocycles. The second kappa shape index (κ2) is 5.18. The molecule has 1 rings (SSSR count). The van der Waals surface area contributed by atoms with Crippen molar-refractivity contribution in [3.8, 4) is 0 Å². The Labute approximate surface area is 103 Å². The largest absolute Gasteiger partial charge is 0.419 e. The SMILES string of the molecule is O=C(CCC(F)(F)F)c1cccc(C(F)(F)F)c1F. The van der Waals surface area contributed by atoms with E-state index in [1.54, 1.807) is 0 Å². The van der Waals surface area contributed by atoms with Gasteiger partial charge < -0.3 is 0 Å². The molecule has 0 fully saturated rings. The number of carbonyl (C=O) groups is 1. The van der Waals surface area contributed by atoms with E-state index in [2.05, 4.69) is 0 Å². The molecule has 0 amide bonds. The fourth-order valence-electron chi connectivity index (χ4n) is 1.36. The van der Waals surface area contributed by atoms with Crippen molar-refractivity contribution in [2.75, 3.05) is 0 Å². The first-order valence-corrected chi connectivity index (χ1v) is 4.98. The molecule has 1 aromatic rings. The maximum Gasteiger partial charge on any atom is 0.419 e. The summed E-state index contributed by atoms with van der Waals surface area (Å²) in [4.78, 5) is 11.3. The minimum Gasteiger partial charge on any atom is -0.294 e. The van der Waals surface area contributed by atoms with Gasteiger partial charge in [0.2, 0.25) is 0 Å². The summed E-state index contributed by atoms with van der Waals surface area (Å²) in [5, 5.41) is 0. The van der Waals surface area contributed by atoms with Gasteiger partial charge in [-0.25, -0.2) is 4.39 Å². The molecule has 0 saturated carbocycles. The molecule has 0 radical (unpaired) electrons. The predicted molar refractivity (Wildman–Crippen MR) is 51.0 cm³/mol. The Balaban J connectivity index is 2.99. The number of Topliss-reactive ketones (excluding diaryl/α,β-unsaturated/α-hetero) is 1. The Bertz CT molecular complexity index is 473. The summed E-state index contributed by atoms with van der Waals surface area (Å²) >= 11 is 0. The third kappa shape index (κ3) is 4.22. The van der Waals surface area contributed by atoms with Crippen molar-refractivity contribution in [3.05, 3.63) is 35.1 Å². The molecule has 0 aromatic heterocycles. The molecule has 0 aliphatic heterocycles. The lowest BCUT2D eigenvalue weighted by molar-refractivity contribution is -0.140. The minimum atomic E-state index is -5.01. The monoisotopic (exact) mass is 288 g/mol. The average molecular weight is 288 g/mol. The van der Waals surface area contributed by atoms with Gasteiger partial charge in [0.25, 0.3) is 0 Å². The van der Waals surface area contributed by atoms with Gasteiger partial charge in [0.1, 0.15) is 5.82 Å². The van der Waals surface area contributed by atoms with Crippen molar-refractivity contribution in [1.82, 2.24) is 0 Å². The summed E-state index contributed by atoms with van der Waals surface area (Å²) in [6.45, 7) is 0. The molecule has 106 valence electrons. The van der Waals surface area contributed by atoms with E-state index in [1.165, 1.54) is 0 Å². The maximum atomic E-state index is 13.4. The van der Waals surface area contributed by atoms with Gasteiger partial charge in [-0.15, -0.1) is 0 Å². The van der Waals surface area contributed by atoms with E-state index in [4.69, 9.17) is 0 Å². The summed E-state index contributed by atoms with van der Waals surface area (Å²) in [5.74, 6) is -3.16. The molecule has 0 aliphatic rings. The van der Waals surface area contributed by atoms with E-state index in [9.17, 15) is 35.5 Å². The molecule has 0 spiro atoms. The smallest absolute Gasteiger partial charge is 0.294 e. The first-order valence-electron chi connectivity index (χ1n) is 4.98. The van der Waals surface area contributed by atoms with Crippen LogP contribution in [0.15, 0.2) is 18.2 Å². The Hall–Kier alpha value is -1.60. The van der Waals surface area contributed by atoms with Gasteiger partial charge in [0.15, 0.2) is 5.78 Å². The van der Waals surface area contributed by atoms with Crippen molar-refractivity contribution < 1.29 is 35.5 Å². The molecule has 0 saturated heterocycles. The highest BCUT2D eigenvalue weighted by atomic mass is 19.4. The molecule has 19 heavy (non-hydrogen) atoms. The zero-order chi connectivity index (χ0) is 14.8. The fourth-order valence-corrected chi connectivity index (χ4v) is 1.36. The predicted octanol–water partition coefficient (Wildman–Crippen LogP) is 4.37. The van der Waals surface area contributed by atoms with Crippen LogP contribution in [0.5, 0.6) is 0 Å². The van der Waals surface area contributed by atoms with Gasteiger partial charge in [-0.2, -0.15) is 26.3 Å². The van der Waals surface area contributed by atoms with Gasteiger partial charge in [-0.1, -0.05) is 6.07 Å². The summed E-state index contributed by atoms with van der Waals surface area (Å²) in [6.07, 6.45) is -12.2. The quantitative estimate of drug-likeness (QED) is 0.596. The standard InChI is InChI=1S/C11H7F7O/c12-9-6(8(19)4-5-10(13,14)15)2-1-3-7(9)11(16,17)18/h1-3H,4-5H2. The van der Waals surface area contributed by atoms with Crippen molar-refractivity contribution in [1.29, 1.82) is 0 Å². The van der Waals surface area contributed by atoms with Crippen LogP contribution >= 0.6 is 0 Å². The van der Waals surface area contributed by atoms with E-state index in [-0.39, 0.29) is 0 Å². The highest BCUT2D eigenvalue weighted by molar-refractivity contribution is 5.96. The summed E-state index contributed by atoms with van der Waals surface area (Å²) in [6, 6.07) is 1.91. The Morgan fingerprint density at radius 2 is 1.63 bits per heavy atom. The molecule has 0 atom stereocenters. The van der Waals surface area contributed by atoms with Crippen molar-refractivity contribution in [2.24, 2.45) is 0 Å². The van der Waals surface area contributed by atoms with Crippen LogP contribution in [0.4, 0.5) is 30.7 Å². The Kier molecular flexibility index (Phi) is 4.21. The number of hydrogen-bond donors (Lipinski definition) is 0. The van der Waals surface area contributed by atoms with Crippen LogP contribution in [0.3, 0.4) is 0 Å². The fraction of sp³-hybridized carbons (Fsp3) is 0.364. The minimum absolute atomic E-state index is 0.413. The number of rotatable bonds is 3. The molecule has 1 nitrogen and oxygen atoms in total. The molecule has 0 aliphatic carbocycles. The highest BCUT2D eigenvalue weighted by Crippen LogP contribution is 2.33. The van der Waals surface area contributed by atoms with Gasteiger partial charge in [-0.05, 0) is 12.1 Å². The second-order valence-electron chi connectivity index (χ2n) is 3.70. The zero-order valence-corrected chi connectivity index (χ0v) is 9.20. The normalized spacial score (nSPS) is 12.6. The maximum absolute atomic E-state index is 13.4. The van der Waals surface area contributed by atoms with Gasteiger partial charge >= 0.3 is 12.4 Å². The highest BCUT2D eigenvalue weighted by Gasteiger charge is 2.36. The number of hydrogen-bond acceptors (Lipinski definition) is 1. The molecule has 0 unspecified atom stereocenters. The van der Waals surface area contributed by atoms with Gasteiger partial charge in [0.05, 0.1) is 17.5 Å². The van der Waals surface area contributed by atoms with E-state index in [0.29, 0.717) is 6.07 Å². The van der Waals surface area contributed by atoms with Crippen molar-refractivity contribution >= 4 is 5.78 Å². The average Bonchev–Trinajstić information content (AvgIpc) is 2.23. The van der Waals surface area contributed by atoms with Crippen LogP contribution < -0.4 is 0 Å². The Morgan fingerprint density at radius 3 is 2.11 bits per heavy atom. The van der Waals surface area contributed by atoms with Crippen LogP contribution in [0, 0.1) is 5.82 Å². The lowest BCUT2D eigenvalue weighted by atomic mass is 10.0. The lowest BCUT2D eigenvalue weighted by Crippen LogP contribution is -2.15. The first kappa shape index (κ1) is 15.5. The number of alkyl halides is 6. The molecular formula is C11H7F7O. The number of ketones is 1.